The van der Waals surface area contributed by atoms with Crippen LogP contribution in [-0.2, 0) is 0 Å². The maximum absolute atomic E-state index is 3.86. The van der Waals surface area contributed by atoms with Gasteiger partial charge < -0.3 is 0 Å². The molecule has 2 aliphatic rings. The molecule has 0 heteroatoms. The van der Waals surface area contributed by atoms with Crippen molar-refractivity contribution >= 4 is 0 Å². The van der Waals surface area contributed by atoms with Gasteiger partial charge in [0.1, 0.15) is 0 Å². The second-order valence-corrected chi connectivity index (χ2v) is 7.16. The minimum absolute atomic E-state index is 0.898. The summed E-state index contributed by atoms with van der Waals surface area (Å²) in [7, 11) is 0. The van der Waals surface area contributed by atoms with Gasteiger partial charge in [-0.1, -0.05) is 38.0 Å². The van der Waals surface area contributed by atoms with Crippen LogP contribution in [0.2, 0.25) is 0 Å². The van der Waals surface area contributed by atoms with Gasteiger partial charge in [0.05, 0.1) is 0 Å². The van der Waals surface area contributed by atoms with Gasteiger partial charge in [0.2, 0.25) is 0 Å². The number of allylic oxidation sites excluding steroid dienone is 3. The zero-order chi connectivity index (χ0) is 14.2. The Morgan fingerprint density at radius 2 is 1.50 bits per heavy atom. The average molecular weight is 274 g/mol. The van der Waals surface area contributed by atoms with Crippen molar-refractivity contribution < 1.29 is 0 Å². The van der Waals surface area contributed by atoms with Gasteiger partial charge in [-0.05, 0) is 81.5 Å². The molecule has 0 heterocycles. The molecule has 0 bridgehead atoms. The van der Waals surface area contributed by atoms with Crippen LogP contribution in [0.15, 0.2) is 24.8 Å². The van der Waals surface area contributed by atoms with Crippen LogP contribution in [0.5, 0.6) is 0 Å². The highest BCUT2D eigenvalue weighted by atomic mass is 14.3. The first-order chi connectivity index (χ1) is 9.83. The van der Waals surface area contributed by atoms with Crippen LogP contribution in [0.25, 0.3) is 0 Å². The zero-order valence-electron chi connectivity index (χ0n) is 13.5. The maximum atomic E-state index is 3.86. The summed E-state index contributed by atoms with van der Waals surface area (Å²) in [6.45, 7) is 6.10. The summed E-state index contributed by atoms with van der Waals surface area (Å²) in [4.78, 5) is 0. The van der Waals surface area contributed by atoms with Crippen molar-refractivity contribution in [2.45, 2.75) is 77.6 Å². The van der Waals surface area contributed by atoms with E-state index in [1.165, 1.54) is 70.6 Å². The van der Waals surface area contributed by atoms with Gasteiger partial charge in [0.15, 0.2) is 0 Å². The lowest BCUT2D eigenvalue weighted by molar-refractivity contribution is 0.153. The van der Waals surface area contributed by atoms with E-state index < -0.39 is 0 Å². The Kier molecular flexibility index (Phi) is 6.90. The zero-order valence-corrected chi connectivity index (χ0v) is 13.5. The summed E-state index contributed by atoms with van der Waals surface area (Å²) < 4.78 is 0. The van der Waals surface area contributed by atoms with E-state index >= 15 is 0 Å². The van der Waals surface area contributed by atoms with Gasteiger partial charge in [-0.2, -0.15) is 0 Å². The summed E-state index contributed by atoms with van der Waals surface area (Å²) in [6, 6.07) is 0. The van der Waals surface area contributed by atoms with E-state index in [1.54, 1.807) is 0 Å². The lowest BCUT2D eigenvalue weighted by Crippen LogP contribution is -2.25. The number of rotatable bonds is 6. The van der Waals surface area contributed by atoms with Gasteiger partial charge >= 0.3 is 0 Å². The van der Waals surface area contributed by atoms with Crippen LogP contribution >= 0.6 is 0 Å². The minimum Gasteiger partial charge on any atom is -0.103 e. The largest absolute Gasteiger partial charge is 0.103 e. The van der Waals surface area contributed by atoms with Crippen LogP contribution < -0.4 is 0 Å². The van der Waals surface area contributed by atoms with E-state index in [0.717, 1.165) is 23.7 Å². The third-order valence-electron chi connectivity index (χ3n) is 5.80. The van der Waals surface area contributed by atoms with E-state index in [-0.39, 0.29) is 0 Å². The highest BCUT2D eigenvalue weighted by Crippen LogP contribution is 2.42. The molecule has 2 saturated carbocycles. The summed E-state index contributed by atoms with van der Waals surface area (Å²) >= 11 is 0. The third-order valence-corrected chi connectivity index (χ3v) is 5.80. The van der Waals surface area contributed by atoms with Crippen molar-refractivity contribution in [3.8, 4) is 0 Å². The predicted octanol–water partition coefficient (Wildman–Crippen LogP) is 6.53. The summed E-state index contributed by atoms with van der Waals surface area (Å²) in [5.74, 6) is 4.02. The summed E-state index contributed by atoms with van der Waals surface area (Å²) in [6.07, 6.45) is 22.7. The van der Waals surface area contributed by atoms with Crippen molar-refractivity contribution in [1.29, 1.82) is 0 Å². The SMILES string of the molecule is C=CCCC1CCC(C2CCC(/C=C/CC)CC2)CC1. The first-order valence-corrected chi connectivity index (χ1v) is 9.11. The molecule has 0 radical (unpaired) electrons. The summed E-state index contributed by atoms with van der Waals surface area (Å²) in [5, 5.41) is 0. The van der Waals surface area contributed by atoms with E-state index in [0.29, 0.717) is 0 Å². The molecule has 114 valence electrons. The van der Waals surface area contributed by atoms with Crippen molar-refractivity contribution in [3.63, 3.8) is 0 Å². The Labute approximate surface area is 126 Å². The molecule has 0 atom stereocenters. The molecule has 2 rings (SSSR count). The van der Waals surface area contributed by atoms with Gasteiger partial charge in [0, 0.05) is 0 Å². The monoisotopic (exact) mass is 274 g/mol. The van der Waals surface area contributed by atoms with E-state index in [2.05, 4.69) is 31.7 Å². The van der Waals surface area contributed by atoms with Crippen LogP contribution in [0.3, 0.4) is 0 Å². The Hall–Kier alpha value is -0.520. The molecule has 0 N–H and O–H groups in total. The van der Waals surface area contributed by atoms with Crippen molar-refractivity contribution in [3.05, 3.63) is 24.8 Å². The molecule has 0 unspecified atom stereocenters. The van der Waals surface area contributed by atoms with Gasteiger partial charge in [-0.3, -0.25) is 0 Å². The molecule has 0 spiro atoms. The van der Waals surface area contributed by atoms with E-state index in [4.69, 9.17) is 0 Å². The number of hydrogen-bond donors (Lipinski definition) is 0. The highest BCUT2D eigenvalue weighted by molar-refractivity contribution is 4.92. The Morgan fingerprint density at radius 3 is 2.05 bits per heavy atom. The van der Waals surface area contributed by atoms with Crippen LogP contribution in [-0.4, -0.2) is 0 Å². The first kappa shape index (κ1) is 15.9. The lowest BCUT2D eigenvalue weighted by atomic mass is 9.68. The molecule has 0 aromatic heterocycles. The molecule has 0 aromatic carbocycles. The fraction of sp³-hybridized carbons (Fsp3) is 0.800. The summed E-state index contributed by atoms with van der Waals surface area (Å²) in [5.41, 5.74) is 0. The van der Waals surface area contributed by atoms with E-state index in [1.807, 2.05) is 0 Å². The molecule has 2 fully saturated rings. The molecule has 0 saturated heterocycles. The Balaban J connectivity index is 1.67. The molecular weight excluding hydrogens is 240 g/mol. The third kappa shape index (κ3) is 4.79. The Bertz CT molecular complexity index is 285. The lowest BCUT2D eigenvalue weighted by Gasteiger charge is -2.37. The molecule has 2 aliphatic carbocycles. The molecule has 0 nitrogen and oxygen atoms in total. The second-order valence-electron chi connectivity index (χ2n) is 7.16. The second kappa shape index (κ2) is 8.70. The molecular formula is C20H34. The average Bonchev–Trinajstić information content (AvgIpc) is 2.52. The van der Waals surface area contributed by atoms with Gasteiger partial charge in [-0.15, -0.1) is 6.58 Å². The molecule has 0 amide bonds. The smallest absolute Gasteiger partial charge is 0.0233 e. The van der Waals surface area contributed by atoms with E-state index in [9.17, 15) is 0 Å². The highest BCUT2D eigenvalue weighted by Gasteiger charge is 2.29. The maximum Gasteiger partial charge on any atom is -0.0233 e. The van der Waals surface area contributed by atoms with Gasteiger partial charge in [0.25, 0.3) is 0 Å². The molecule has 0 aromatic rings. The quantitative estimate of drug-likeness (QED) is 0.483. The standard InChI is InChI=1S/C20H34/c1-3-5-7-17-9-13-19(14-10-17)20-15-11-18(12-16-20)8-6-4-2/h3,6,8,17-20H,1,4-5,7,9-16H2,2H3/b8-6+. The topological polar surface area (TPSA) is 0 Å². The van der Waals surface area contributed by atoms with Crippen molar-refractivity contribution in [2.75, 3.05) is 0 Å². The minimum atomic E-state index is 0.898. The van der Waals surface area contributed by atoms with Crippen molar-refractivity contribution in [2.24, 2.45) is 23.7 Å². The number of hydrogen-bond acceptors (Lipinski definition) is 0. The van der Waals surface area contributed by atoms with Crippen LogP contribution in [0.4, 0.5) is 0 Å². The normalized spacial score (nSPS) is 35.2. The fourth-order valence-corrected chi connectivity index (χ4v) is 4.44. The molecule has 0 aliphatic heterocycles. The van der Waals surface area contributed by atoms with Crippen molar-refractivity contribution in [1.82, 2.24) is 0 Å². The van der Waals surface area contributed by atoms with Gasteiger partial charge in [-0.25, -0.2) is 0 Å². The van der Waals surface area contributed by atoms with Crippen LogP contribution in [0.1, 0.15) is 77.6 Å². The fourth-order valence-electron chi connectivity index (χ4n) is 4.44. The Morgan fingerprint density at radius 1 is 0.900 bits per heavy atom. The van der Waals surface area contributed by atoms with Crippen LogP contribution in [0, 0.1) is 23.7 Å². The molecule has 20 heavy (non-hydrogen) atoms. The predicted molar refractivity (Wildman–Crippen MR) is 89.8 cm³/mol. The first-order valence-electron chi connectivity index (χ1n) is 9.11.